The van der Waals surface area contributed by atoms with Crippen LogP contribution in [0.5, 0.6) is 5.75 Å². The first-order chi connectivity index (χ1) is 8.16. The van der Waals surface area contributed by atoms with Crippen molar-refractivity contribution >= 4 is 44.7 Å². The van der Waals surface area contributed by atoms with Gasteiger partial charge in [0.05, 0.1) is 0 Å². The normalized spacial score (nSPS) is 10.2. The van der Waals surface area contributed by atoms with E-state index >= 15 is 0 Å². The number of thiophene rings is 1. The van der Waals surface area contributed by atoms with Gasteiger partial charge in [0.15, 0.2) is 6.61 Å². The van der Waals surface area contributed by atoms with E-state index in [1.807, 2.05) is 5.38 Å². The Morgan fingerprint density at radius 3 is 2.59 bits per heavy atom. The predicted molar refractivity (Wildman–Crippen MR) is 73.3 cm³/mol. The standard InChI is InChI=1S/C12H8BrClO2S/c13-11-7-17-6-10(11)12(15)5-16-9-3-1-8(14)2-4-9/h1-4,6-7H,5H2. The molecule has 0 saturated heterocycles. The van der Waals surface area contributed by atoms with Crippen LogP contribution in [0.15, 0.2) is 39.5 Å². The van der Waals surface area contributed by atoms with Crippen LogP contribution in [0.1, 0.15) is 10.4 Å². The summed E-state index contributed by atoms with van der Waals surface area (Å²) < 4.78 is 6.19. The highest BCUT2D eigenvalue weighted by Crippen LogP contribution is 2.22. The Kier molecular flexibility index (Phi) is 4.20. The first kappa shape index (κ1) is 12.6. The summed E-state index contributed by atoms with van der Waals surface area (Å²) in [6.07, 6.45) is 0. The fourth-order valence-corrected chi connectivity index (χ4v) is 2.88. The van der Waals surface area contributed by atoms with Gasteiger partial charge in [-0.15, -0.1) is 0 Å². The van der Waals surface area contributed by atoms with Gasteiger partial charge >= 0.3 is 0 Å². The number of ketones is 1. The largest absolute Gasteiger partial charge is 0.485 e. The summed E-state index contributed by atoms with van der Waals surface area (Å²) >= 11 is 10.5. The molecule has 0 aliphatic rings. The fraction of sp³-hybridized carbons (Fsp3) is 0.0833. The van der Waals surface area contributed by atoms with E-state index in [0.717, 1.165) is 4.47 Å². The van der Waals surface area contributed by atoms with Crippen molar-refractivity contribution in [3.63, 3.8) is 0 Å². The van der Waals surface area contributed by atoms with Crippen LogP contribution < -0.4 is 4.74 Å². The lowest BCUT2D eigenvalue weighted by Crippen LogP contribution is -2.11. The second-order valence-electron chi connectivity index (χ2n) is 3.30. The molecule has 0 aliphatic heterocycles. The van der Waals surface area contributed by atoms with Gasteiger partial charge < -0.3 is 4.74 Å². The number of benzene rings is 1. The summed E-state index contributed by atoms with van der Waals surface area (Å²) in [5.41, 5.74) is 0.656. The molecule has 0 amide bonds. The van der Waals surface area contributed by atoms with Gasteiger partial charge in [0, 0.05) is 25.8 Å². The van der Waals surface area contributed by atoms with Crippen LogP contribution in [0.3, 0.4) is 0 Å². The Bertz CT molecular complexity index is 522. The average molecular weight is 332 g/mol. The molecule has 0 atom stereocenters. The van der Waals surface area contributed by atoms with Crippen molar-refractivity contribution in [2.75, 3.05) is 6.61 Å². The van der Waals surface area contributed by atoms with E-state index < -0.39 is 0 Å². The SMILES string of the molecule is O=C(COc1ccc(Cl)cc1)c1cscc1Br. The molecule has 1 aromatic carbocycles. The number of carbonyl (C=O) groups excluding carboxylic acids is 1. The molecule has 5 heteroatoms. The van der Waals surface area contributed by atoms with Crippen LogP contribution in [0.25, 0.3) is 0 Å². The third-order valence-electron chi connectivity index (χ3n) is 2.10. The summed E-state index contributed by atoms with van der Waals surface area (Å²) in [6.45, 7) is 0.0248. The van der Waals surface area contributed by atoms with Crippen molar-refractivity contribution in [1.82, 2.24) is 0 Å². The molecule has 0 bridgehead atoms. The molecule has 0 unspecified atom stereocenters. The van der Waals surface area contributed by atoms with Gasteiger partial charge in [-0.3, -0.25) is 4.79 Å². The smallest absolute Gasteiger partial charge is 0.202 e. The molecule has 17 heavy (non-hydrogen) atoms. The van der Waals surface area contributed by atoms with Gasteiger partial charge in [-0.25, -0.2) is 0 Å². The van der Waals surface area contributed by atoms with E-state index in [9.17, 15) is 4.79 Å². The Balaban J connectivity index is 1.97. The number of ether oxygens (including phenoxy) is 1. The third-order valence-corrected chi connectivity index (χ3v) is 4.05. The minimum atomic E-state index is -0.0481. The highest BCUT2D eigenvalue weighted by atomic mass is 79.9. The van der Waals surface area contributed by atoms with E-state index in [4.69, 9.17) is 16.3 Å². The molecular weight excluding hydrogens is 324 g/mol. The topological polar surface area (TPSA) is 26.3 Å². The van der Waals surface area contributed by atoms with E-state index in [-0.39, 0.29) is 12.4 Å². The zero-order chi connectivity index (χ0) is 12.3. The lowest BCUT2D eigenvalue weighted by atomic mass is 10.2. The number of hydrogen-bond acceptors (Lipinski definition) is 3. The molecule has 1 heterocycles. The molecule has 2 nitrogen and oxygen atoms in total. The number of Topliss-reactive ketones (excluding diaryl/α,β-unsaturated/α-hetero) is 1. The molecule has 0 radical (unpaired) electrons. The van der Waals surface area contributed by atoms with Crippen molar-refractivity contribution in [2.24, 2.45) is 0 Å². The quantitative estimate of drug-likeness (QED) is 0.775. The van der Waals surface area contributed by atoms with Gasteiger partial charge in [0.25, 0.3) is 0 Å². The highest BCUT2D eigenvalue weighted by Gasteiger charge is 2.11. The third kappa shape index (κ3) is 3.31. The number of halogens is 2. The lowest BCUT2D eigenvalue weighted by Gasteiger charge is -2.04. The molecule has 2 rings (SSSR count). The maximum atomic E-state index is 11.8. The van der Waals surface area contributed by atoms with Crippen molar-refractivity contribution < 1.29 is 9.53 Å². The molecule has 0 saturated carbocycles. The Morgan fingerprint density at radius 1 is 1.29 bits per heavy atom. The summed E-state index contributed by atoms with van der Waals surface area (Å²) in [7, 11) is 0. The lowest BCUT2D eigenvalue weighted by molar-refractivity contribution is 0.0921. The number of rotatable bonds is 4. The highest BCUT2D eigenvalue weighted by molar-refractivity contribution is 9.10. The van der Waals surface area contributed by atoms with E-state index in [2.05, 4.69) is 15.9 Å². The van der Waals surface area contributed by atoms with Gasteiger partial charge in [-0.05, 0) is 40.2 Å². The van der Waals surface area contributed by atoms with Gasteiger partial charge in [-0.1, -0.05) is 11.6 Å². The van der Waals surface area contributed by atoms with Gasteiger partial charge in [-0.2, -0.15) is 11.3 Å². The first-order valence-electron chi connectivity index (χ1n) is 4.80. The summed E-state index contributed by atoms with van der Waals surface area (Å²) in [5, 5.41) is 4.32. The van der Waals surface area contributed by atoms with E-state index in [1.54, 1.807) is 29.6 Å². The average Bonchev–Trinajstić information content (AvgIpc) is 2.74. The summed E-state index contributed by atoms with van der Waals surface area (Å²) in [5.74, 6) is 0.585. The molecule has 88 valence electrons. The van der Waals surface area contributed by atoms with Crippen molar-refractivity contribution in [3.05, 3.63) is 50.1 Å². The minimum Gasteiger partial charge on any atom is -0.485 e. The summed E-state index contributed by atoms with van der Waals surface area (Å²) in [4.78, 5) is 11.8. The Labute approximate surface area is 116 Å². The van der Waals surface area contributed by atoms with Crippen LogP contribution >= 0.6 is 38.9 Å². The molecule has 1 aromatic heterocycles. The van der Waals surface area contributed by atoms with Gasteiger partial charge in [0.1, 0.15) is 5.75 Å². The first-order valence-corrected chi connectivity index (χ1v) is 6.91. The van der Waals surface area contributed by atoms with Crippen molar-refractivity contribution in [2.45, 2.75) is 0 Å². The zero-order valence-electron chi connectivity index (χ0n) is 8.65. The zero-order valence-corrected chi connectivity index (χ0v) is 11.8. The number of carbonyl (C=O) groups is 1. The maximum absolute atomic E-state index is 11.8. The second-order valence-corrected chi connectivity index (χ2v) is 5.33. The minimum absolute atomic E-state index is 0.0248. The summed E-state index contributed by atoms with van der Waals surface area (Å²) in [6, 6.07) is 6.92. The predicted octanol–water partition coefficient (Wildman–Crippen LogP) is 4.43. The molecule has 0 fully saturated rings. The van der Waals surface area contributed by atoms with Crippen LogP contribution in [-0.4, -0.2) is 12.4 Å². The Hall–Kier alpha value is -0.840. The molecule has 2 aromatic rings. The van der Waals surface area contributed by atoms with E-state index in [1.165, 1.54) is 11.3 Å². The van der Waals surface area contributed by atoms with Crippen LogP contribution in [-0.2, 0) is 0 Å². The molecular formula is C12H8BrClO2S. The van der Waals surface area contributed by atoms with Crippen molar-refractivity contribution in [1.29, 1.82) is 0 Å². The maximum Gasteiger partial charge on any atom is 0.202 e. The number of hydrogen-bond donors (Lipinski definition) is 0. The van der Waals surface area contributed by atoms with E-state index in [0.29, 0.717) is 16.3 Å². The monoisotopic (exact) mass is 330 g/mol. The van der Waals surface area contributed by atoms with Crippen LogP contribution in [0.2, 0.25) is 5.02 Å². The molecule has 0 N–H and O–H groups in total. The molecule has 0 aliphatic carbocycles. The second kappa shape index (κ2) is 5.67. The fourth-order valence-electron chi connectivity index (χ4n) is 1.24. The Morgan fingerprint density at radius 2 is 2.00 bits per heavy atom. The van der Waals surface area contributed by atoms with Gasteiger partial charge in [0.2, 0.25) is 5.78 Å². The molecule has 0 spiro atoms. The van der Waals surface area contributed by atoms with Crippen LogP contribution in [0.4, 0.5) is 0 Å². The van der Waals surface area contributed by atoms with Crippen LogP contribution in [0, 0.1) is 0 Å². The van der Waals surface area contributed by atoms with Crippen molar-refractivity contribution in [3.8, 4) is 5.75 Å².